The molecule has 0 saturated carbocycles. The average molecular weight is 337 g/mol. The number of nitrogens with zero attached hydrogens (tertiary/aromatic N) is 2. The van der Waals surface area contributed by atoms with Gasteiger partial charge in [0.05, 0.1) is 6.54 Å². The lowest BCUT2D eigenvalue weighted by atomic mass is 10.1. The van der Waals surface area contributed by atoms with E-state index in [0.717, 1.165) is 31.7 Å². The molecule has 1 amide bonds. The van der Waals surface area contributed by atoms with Crippen LogP contribution in [0, 0.1) is 13.8 Å². The Kier molecular flexibility index (Phi) is 5.51. The first-order chi connectivity index (χ1) is 12.0. The molecule has 1 aliphatic heterocycles. The van der Waals surface area contributed by atoms with Gasteiger partial charge in [0.25, 0.3) is 0 Å². The largest absolute Gasteiger partial charge is 0.330 e. The van der Waals surface area contributed by atoms with Crippen molar-refractivity contribution >= 4 is 11.6 Å². The molecule has 1 aliphatic rings. The Morgan fingerprint density at radius 1 is 1.00 bits per heavy atom. The van der Waals surface area contributed by atoms with Gasteiger partial charge in [-0.2, -0.15) is 0 Å². The molecule has 0 aliphatic carbocycles. The number of rotatable bonds is 5. The third-order valence-electron chi connectivity index (χ3n) is 4.65. The van der Waals surface area contributed by atoms with Gasteiger partial charge in [0.1, 0.15) is 0 Å². The molecule has 2 N–H and O–H groups in total. The Labute approximate surface area is 150 Å². The molecule has 1 fully saturated rings. The van der Waals surface area contributed by atoms with Crippen molar-refractivity contribution < 1.29 is 4.79 Å². The Hall–Kier alpha value is -2.17. The number of piperazine rings is 1. The van der Waals surface area contributed by atoms with E-state index in [-0.39, 0.29) is 5.91 Å². The molecule has 1 saturated heterocycles. The Bertz CT molecular complexity index is 736. The molecule has 0 atom stereocenters. The SMILES string of the molecule is Cc1cc(C)cc(N2CCN(Cc3cccc(CCN)c3)CC2=O)c1. The van der Waals surface area contributed by atoms with Gasteiger partial charge < -0.3 is 10.6 Å². The van der Waals surface area contributed by atoms with Gasteiger partial charge in [0.15, 0.2) is 0 Å². The predicted molar refractivity (Wildman–Crippen MR) is 103 cm³/mol. The first-order valence-electron chi connectivity index (χ1n) is 8.94. The van der Waals surface area contributed by atoms with E-state index in [1.165, 1.54) is 22.3 Å². The second-order valence-corrected chi connectivity index (χ2v) is 6.96. The van der Waals surface area contributed by atoms with E-state index < -0.39 is 0 Å². The van der Waals surface area contributed by atoms with Crippen LogP contribution in [0.25, 0.3) is 0 Å². The highest BCUT2D eigenvalue weighted by molar-refractivity contribution is 5.95. The van der Waals surface area contributed by atoms with Gasteiger partial charge >= 0.3 is 0 Å². The molecule has 0 aromatic heterocycles. The first kappa shape index (κ1) is 17.6. The van der Waals surface area contributed by atoms with Gasteiger partial charge in [-0.3, -0.25) is 9.69 Å². The van der Waals surface area contributed by atoms with Crippen molar-refractivity contribution in [3.63, 3.8) is 0 Å². The number of carbonyl (C=O) groups is 1. The standard InChI is InChI=1S/C21H27N3O/c1-16-10-17(2)12-20(11-16)24-9-8-23(15-21(24)25)14-19-5-3-4-18(13-19)6-7-22/h3-5,10-13H,6-9,14-15,22H2,1-2H3. The minimum absolute atomic E-state index is 0.175. The number of aryl methyl sites for hydroxylation is 2. The topological polar surface area (TPSA) is 49.6 Å². The lowest BCUT2D eigenvalue weighted by molar-refractivity contribution is -0.121. The monoisotopic (exact) mass is 337 g/mol. The van der Waals surface area contributed by atoms with Crippen molar-refractivity contribution in [3.05, 3.63) is 64.7 Å². The van der Waals surface area contributed by atoms with Crippen LogP contribution >= 0.6 is 0 Å². The predicted octanol–water partition coefficient (Wildman–Crippen LogP) is 2.65. The third kappa shape index (κ3) is 4.47. The number of benzene rings is 2. The van der Waals surface area contributed by atoms with Crippen LogP contribution in [-0.4, -0.2) is 37.0 Å². The summed E-state index contributed by atoms with van der Waals surface area (Å²) < 4.78 is 0. The molecule has 4 heteroatoms. The fourth-order valence-electron chi connectivity index (χ4n) is 3.54. The summed E-state index contributed by atoms with van der Waals surface area (Å²) in [4.78, 5) is 16.8. The quantitative estimate of drug-likeness (QED) is 0.912. The average Bonchev–Trinajstić information content (AvgIpc) is 2.54. The van der Waals surface area contributed by atoms with E-state index >= 15 is 0 Å². The first-order valence-corrected chi connectivity index (χ1v) is 8.94. The summed E-state index contributed by atoms with van der Waals surface area (Å²) in [6.07, 6.45) is 0.896. The summed E-state index contributed by atoms with van der Waals surface area (Å²) in [6.45, 7) is 7.72. The summed E-state index contributed by atoms with van der Waals surface area (Å²) in [5.74, 6) is 0.175. The highest BCUT2D eigenvalue weighted by Gasteiger charge is 2.25. The number of nitrogens with two attached hydrogens (primary N) is 1. The van der Waals surface area contributed by atoms with Crippen molar-refractivity contribution in [1.29, 1.82) is 0 Å². The van der Waals surface area contributed by atoms with Crippen LogP contribution in [0.1, 0.15) is 22.3 Å². The van der Waals surface area contributed by atoms with Crippen molar-refractivity contribution in [2.24, 2.45) is 5.73 Å². The molecule has 1 heterocycles. The van der Waals surface area contributed by atoms with E-state index in [0.29, 0.717) is 13.1 Å². The van der Waals surface area contributed by atoms with Crippen molar-refractivity contribution in [2.75, 3.05) is 31.1 Å². The number of anilines is 1. The number of hydrogen-bond donors (Lipinski definition) is 1. The second kappa shape index (κ2) is 7.81. The van der Waals surface area contributed by atoms with Gasteiger partial charge in [-0.1, -0.05) is 30.3 Å². The van der Waals surface area contributed by atoms with Gasteiger partial charge in [0.2, 0.25) is 5.91 Å². The molecule has 0 bridgehead atoms. The smallest absolute Gasteiger partial charge is 0.241 e. The zero-order valence-corrected chi connectivity index (χ0v) is 15.2. The summed E-state index contributed by atoms with van der Waals surface area (Å²) in [6, 6.07) is 14.8. The van der Waals surface area contributed by atoms with E-state index in [2.05, 4.69) is 61.2 Å². The fourth-order valence-corrected chi connectivity index (χ4v) is 3.54. The lowest BCUT2D eigenvalue weighted by Crippen LogP contribution is -2.50. The van der Waals surface area contributed by atoms with Crippen LogP contribution in [0.2, 0.25) is 0 Å². The van der Waals surface area contributed by atoms with E-state index in [9.17, 15) is 4.79 Å². The Balaban J connectivity index is 1.65. The lowest BCUT2D eigenvalue weighted by Gasteiger charge is -2.34. The number of hydrogen-bond acceptors (Lipinski definition) is 3. The maximum atomic E-state index is 12.7. The molecule has 0 radical (unpaired) electrons. The molecule has 4 nitrogen and oxygen atoms in total. The van der Waals surface area contributed by atoms with Crippen LogP contribution in [0.4, 0.5) is 5.69 Å². The van der Waals surface area contributed by atoms with Gasteiger partial charge in [-0.05, 0) is 61.2 Å². The maximum absolute atomic E-state index is 12.7. The minimum atomic E-state index is 0.175. The summed E-state index contributed by atoms with van der Waals surface area (Å²) >= 11 is 0. The van der Waals surface area contributed by atoms with Crippen LogP contribution in [0.3, 0.4) is 0 Å². The van der Waals surface area contributed by atoms with Gasteiger partial charge in [0, 0.05) is 25.3 Å². The zero-order chi connectivity index (χ0) is 17.8. The summed E-state index contributed by atoms with van der Waals surface area (Å²) in [5.41, 5.74) is 11.6. The highest BCUT2D eigenvalue weighted by atomic mass is 16.2. The van der Waals surface area contributed by atoms with Crippen LogP contribution < -0.4 is 10.6 Å². The number of amides is 1. The number of carbonyl (C=O) groups excluding carboxylic acids is 1. The maximum Gasteiger partial charge on any atom is 0.241 e. The molecule has 0 unspecified atom stereocenters. The van der Waals surface area contributed by atoms with Crippen LogP contribution in [0.15, 0.2) is 42.5 Å². The van der Waals surface area contributed by atoms with E-state index in [4.69, 9.17) is 5.73 Å². The summed E-state index contributed by atoms with van der Waals surface area (Å²) in [7, 11) is 0. The van der Waals surface area contributed by atoms with Crippen molar-refractivity contribution in [3.8, 4) is 0 Å². The Morgan fingerprint density at radius 3 is 2.40 bits per heavy atom. The van der Waals surface area contributed by atoms with Crippen LogP contribution in [-0.2, 0) is 17.8 Å². The van der Waals surface area contributed by atoms with Gasteiger partial charge in [-0.25, -0.2) is 0 Å². The summed E-state index contributed by atoms with van der Waals surface area (Å²) in [5, 5.41) is 0. The third-order valence-corrected chi connectivity index (χ3v) is 4.65. The molecule has 25 heavy (non-hydrogen) atoms. The molecule has 2 aromatic rings. The highest BCUT2D eigenvalue weighted by Crippen LogP contribution is 2.21. The molecular weight excluding hydrogens is 310 g/mol. The minimum Gasteiger partial charge on any atom is -0.330 e. The zero-order valence-electron chi connectivity index (χ0n) is 15.2. The van der Waals surface area contributed by atoms with Crippen LogP contribution in [0.5, 0.6) is 0 Å². The Morgan fingerprint density at radius 2 is 1.72 bits per heavy atom. The molecule has 3 rings (SSSR count). The fraction of sp³-hybridized carbons (Fsp3) is 0.381. The molecule has 2 aromatic carbocycles. The molecule has 132 valence electrons. The molecular formula is C21H27N3O. The molecule has 0 spiro atoms. The van der Waals surface area contributed by atoms with Gasteiger partial charge in [-0.15, -0.1) is 0 Å². The van der Waals surface area contributed by atoms with E-state index in [1.54, 1.807) is 0 Å². The van der Waals surface area contributed by atoms with E-state index in [1.807, 2.05) is 4.90 Å². The van der Waals surface area contributed by atoms with Crippen molar-refractivity contribution in [1.82, 2.24) is 4.90 Å². The second-order valence-electron chi connectivity index (χ2n) is 6.96. The van der Waals surface area contributed by atoms with Crippen molar-refractivity contribution in [2.45, 2.75) is 26.8 Å². The normalized spacial score (nSPS) is 15.6.